The van der Waals surface area contributed by atoms with Crippen molar-refractivity contribution in [1.82, 2.24) is 10.2 Å². The molecule has 2 aromatic carbocycles. The highest BCUT2D eigenvalue weighted by molar-refractivity contribution is 7.99. The van der Waals surface area contributed by atoms with Crippen LogP contribution in [-0.2, 0) is 0 Å². The van der Waals surface area contributed by atoms with Gasteiger partial charge in [-0.05, 0) is 60.7 Å². The Labute approximate surface area is 155 Å². The van der Waals surface area contributed by atoms with E-state index in [4.69, 9.17) is 16.3 Å². The molecule has 4 nitrogen and oxygen atoms in total. The molecule has 6 heteroatoms. The predicted octanol–water partition coefficient (Wildman–Crippen LogP) is 4.78. The molecule has 0 saturated carbocycles. The molecule has 0 unspecified atom stereocenters. The molecule has 0 radical (unpaired) electrons. The summed E-state index contributed by atoms with van der Waals surface area (Å²) in [6.07, 6.45) is 0. The van der Waals surface area contributed by atoms with E-state index < -0.39 is 0 Å². The van der Waals surface area contributed by atoms with Gasteiger partial charge in [0.2, 0.25) is 0 Å². The second-order valence-corrected chi connectivity index (χ2v) is 6.64. The van der Waals surface area contributed by atoms with Crippen LogP contribution in [0.3, 0.4) is 0 Å². The maximum absolute atomic E-state index is 12.2. The summed E-state index contributed by atoms with van der Waals surface area (Å²) in [6, 6.07) is 18.3. The van der Waals surface area contributed by atoms with Crippen LogP contribution in [0.5, 0.6) is 5.75 Å². The Balaban J connectivity index is 1.62. The summed E-state index contributed by atoms with van der Waals surface area (Å²) < 4.78 is 5.14. The van der Waals surface area contributed by atoms with Crippen molar-refractivity contribution in [2.45, 2.75) is 5.03 Å². The Kier molecular flexibility index (Phi) is 5.68. The van der Waals surface area contributed by atoms with Crippen LogP contribution in [0, 0.1) is 0 Å². The average Bonchev–Trinajstić information content (AvgIpc) is 2.67. The first kappa shape index (κ1) is 17.5. The van der Waals surface area contributed by atoms with Gasteiger partial charge in [0.25, 0.3) is 0 Å². The van der Waals surface area contributed by atoms with Gasteiger partial charge in [-0.3, -0.25) is 4.79 Å². The summed E-state index contributed by atoms with van der Waals surface area (Å²) in [6.45, 7) is 0. The number of methoxy groups -OCH3 is 1. The molecule has 3 rings (SSSR count). The number of Topliss-reactive ketones (excluding diaryl/α,β-unsaturated/α-hetero) is 1. The molecule has 0 N–H and O–H groups in total. The van der Waals surface area contributed by atoms with Crippen LogP contribution < -0.4 is 4.74 Å². The van der Waals surface area contributed by atoms with E-state index in [0.717, 1.165) is 17.0 Å². The van der Waals surface area contributed by atoms with Crippen LogP contribution in [0.4, 0.5) is 0 Å². The molecule has 0 aliphatic rings. The fourth-order valence-electron chi connectivity index (χ4n) is 2.17. The molecule has 0 saturated heterocycles. The monoisotopic (exact) mass is 370 g/mol. The van der Waals surface area contributed by atoms with Crippen molar-refractivity contribution in [3.8, 4) is 17.0 Å². The second-order valence-electron chi connectivity index (χ2n) is 5.20. The molecule has 126 valence electrons. The molecule has 0 spiro atoms. The first-order valence-electron chi connectivity index (χ1n) is 7.55. The molecular formula is C19H15ClN2O2S. The molecule has 0 amide bonds. The van der Waals surface area contributed by atoms with Crippen molar-refractivity contribution in [2.24, 2.45) is 0 Å². The maximum Gasteiger partial charge on any atom is 0.173 e. The molecule has 3 aromatic rings. The Hall–Kier alpha value is -2.37. The van der Waals surface area contributed by atoms with Crippen molar-refractivity contribution in [3.63, 3.8) is 0 Å². The first-order valence-corrected chi connectivity index (χ1v) is 8.92. The summed E-state index contributed by atoms with van der Waals surface area (Å²) in [7, 11) is 1.63. The van der Waals surface area contributed by atoms with Gasteiger partial charge in [0, 0.05) is 16.1 Å². The topological polar surface area (TPSA) is 52.1 Å². The highest BCUT2D eigenvalue weighted by Crippen LogP contribution is 2.22. The lowest BCUT2D eigenvalue weighted by Gasteiger charge is -2.04. The lowest BCUT2D eigenvalue weighted by molar-refractivity contribution is 0.102. The highest BCUT2D eigenvalue weighted by atomic mass is 35.5. The summed E-state index contributed by atoms with van der Waals surface area (Å²) in [5.74, 6) is 1.13. The van der Waals surface area contributed by atoms with Crippen LogP contribution in [-0.4, -0.2) is 28.8 Å². The number of ether oxygens (including phenoxy) is 1. The van der Waals surface area contributed by atoms with E-state index in [2.05, 4.69) is 10.2 Å². The number of hydrogen-bond acceptors (Lipinski definition) is 5. The van der Waals surface area contributed by atoms with Gasteiger partial charge >= 0.3 is 0 Å². The van der Waals surface area contributed by atoms with E-state index in [1.165, 1.54) is 11.8 Å². The molecule has 1 aromatic heterocycles. The summed E-state index contributed by atoms with van der Waals surface area (Å²) >= 11 is 7.19. The highest BCUT2D eigenvalue weighted by Gasteiger charge is 2.08. The van der Waals surface area contributed by atoms with Crippen molar-refractivity contribution in [2.75, 3.05) is 12.9 Å². The van der Waals surface area contributed by atoms with E-state index in [1.807, 2.05) is 36.4 Å². The van der Waals surface area contributed by atoms with Crippen LogP contribution in [0.1, 0.15) is 10.4 Å². The van der Waals surface area contributed by atoms with Crippen LogP contribution in [0.15, 0.2) is 65.7 Å². The minimum absolute atomic E-state index is 0.0303. The largest absolute Gasteiger partial charge is 0.497 e. The molecule has 0 fully saturated rings. The number of halogens is 1. The van der Waals surface area contributed by atoms with Gasteiger partial charge in [0.1, 0.15) is 10.8 Å². The summed E-state index contributed by atoms with van der Waals surface area (Å²) in [4.78, 5) is 12.2. The predicted molar refractivity (Wildman–Crippen MR) is 101 cm³/mol. The van der Waals surface area contributed by atoms with Crippen molar-refractivity contribution < 1.29 is 9.53 Å². The average molecular weight is 371 g/mol. The molecule has 0 aliphatic carbocycles. The Morgan fingerprint density at radius 1 is 1.00 bits per heavy atom. The first-order chi connectivity index (χ1) is 12.2. The van der Waals surface area contributed by atoms with Gasteiger partial charge in [-0.2, -0.15) is 0 Å². The number of benzene rings is 2. The van der Waals surface area contributed by atoms with Gasteiger partial charge in [0.05, 0.1) is 18.6 Å². The SMILES string of the molecule is COc1ccc(-c2ccc(SCC(=O)c3ccc(Cl)cc3)nn2)cc1. The van der Waals surface area contributed by atoms with E-state index in [1.54, 1.807) is 31.4 Å². The molecule has 0 atom stereocenters. The number of carbonyl (C=O) groups excluding carboxylic acids is 1. The van der Waals surface area contributed by atoms with Crippen molar-refractivity contribution >= 4 is 29.1 Å². The van der Waals surface area contributed by atoms with Crippen LogP contribution in [0.2, 0.25) is 5.02 Å². The van der Waals surface area contributed by atoms with Crippen LogP contribution in [0.25, 0.3) is 11.3 Å². The zero-order chi connectivity index (χ0) is 17.6. The van der Waals surface area contributed by atoms with Gasteiger partial charge in [-0.15, -0.1) is 10.2 Å². The standard InChI is InChI=1S/C19H15ClN2O2S/c1-24-16-8-4-13(5-9-16)17-10-11-19(22-21-17)25-12-18(23)14-2-6-15(20)7-3-14/h2-11H,12H2,1H3. The molecule has 1 heterocycles. The molecule has 0 bridgehead atoms. The van der Waals surface area contributed by atoms with E-state index in [-0.39, 0.29) is 5.78 Å². The second kappa shape index (κ2) is 8.14. The van der Waals surface area contributed by atoms with Gasteiger partial charge in [-0.25, -0.2) is 0 Å². The number of rotatable bonds is 6. The number of carbonyl (C=O) groups is 1. The Morgan fingerprint density at radius 2 is 1.72 bits per heavy atom. The van der Waals surface area contributed by atoms with Gasteiger partial charge in [-0.1, -0.05) is 23.4 Å². The zero-order valence-electron chi connectivity index (χ0n) is 13.5. The van der Waals surface area contributed by atoms with Crippen molar-refractivity contribution in [1.29, 1.82) is 0 Å². The van der Waals surface area contributed by atoms with E-state index >= 15 is 0 Å². The fourth-order valence-corrected chi connectivity index (χ4v) is 3.01. The summed E-state index contributed by atoms with van der Waals surface area (Å²) in [5, 5.41) is 9.74. The Morgan fingerprint density at radius 3 is 2.32 bits per heavy atom. The lowest BCUT2D eigenvalue weighted by atomic mass is 10.1. The number of thioether (sulfide) groups is 1. The number of hydrogen-bond donors (Lipinski definition) is 0. The minimum Gasteiger partial charge on any atom is -0.497 e. The third-order valence-corrected chi connectivity index (χ3v) is 4.72. The van der Waals surface area contributed by atoms with E-state index in [9.17, 15) is 4.79 Å². The van der Waals surface area contributed by atoms with Gasteiger partial charge < -0.3 is 4.74 Å². The third kappa shape index (κ3) is 4.59. The zero-order valence-corrected chi connectivity index (χ0v) is 15.1. The van der Waals surface area contributed by atoms with Crippen molar-refractivity contribution in [3.05, 3.63) is 71.2 Å². The summed E-state index contributed by atoms with van der Waals surface area (Å²) in [5.41, 5.74) is 2.37. The number of ketones is 1. The van der Waals surface area contributed by atoms with Gasteiger partial charge in [0.15, 0.2) is 5.78 Å². The smallest absolute Gasteiger partial charge is 0.173 e. The quantitative estimate of drug-likeness (QED) is 0.461. The maximum atomic E-state index is 12.2. The molecule has 25 heavy (non-hydrogen) atoms. The fraction of sp³-hybridized carbons (Fsp3) is 0.105. The number of nitrogens with zero attached hydrogens (tertiary/aromatic N) is 2. The third-order valence-electron chi connectivity index (χ3n) is 3.54. The molecular weight excluding hydrogens is 356 g/mol. The lowest BCUT2D eigenvalue weighted by Crippen LogP contribution is -2.02. The molecule has 0 aliphatic heterocycles. The Bertz CT molecular complexity index is 850. The van der Waals surface area contributed by atoms with E-state index in [0.29, 0.717) is 21.4 Å². The number of aromatic nitrogens is 2. The normalized spacial score (nSPS) is 10.5. The minimum atomic E-state index is 0.0303. The van der Waals surface area contributed by atoms with Crippen LogP contribution >= 0.6 is 23.4 Å².